The largest absolute Gasteiger partial charge is 0.294 e. The summed E-state index contributed by atoms with van der Waals surface area (Å²) in [6.07, 6.45) is 2.60. The van der Waals surface area contributed by atoms with Gasteiger partial charge in [-0.3, -0.25) is 4.79 Å². The van der Waals surface area contributed by atoms with E-state index in [2.05, 4.69) is 17.1 Å². The average molecular weight is 192 g/mol. The van der Waals surface area contributed by atoms with Crippen molar-refractivity contribution in [1.29, 1.82) is 0 Å². The molecule has 1 rings (SSSR count). The second-order valence-electron chi connectivity index (χ2n) is 3.51. The highest BCUT2D eigenvalue weighted by molar-refractivity contribution is 5.96. The fourth-order valence-electron chi connectivity index (χ4n) is 1.30. The van der Waals surface area contributed by atoms with Crippen LogP contribution in [0.5, 0.6) is 0 Å². The molecule has 0 aliphatic carbocycles. The van der Waals surface area contributed by atoms with Crippen LogP contribution in [0, 0.1) is 13.8 Å². The Morgan fingerprint density at radius 3 is 2.71 bits per heavy atom. The Morgan fingerprint density at radius 1 is 1.36 bits per heavy atom. The van der Waals surface area contributed by atoms with Crippen molar-refractivity contribution < 1.29 is 4.79 Å². The van der Waals surface area contributed by atoms with Gasteiger partial charge in [-0.25, -0.2) is 0 Å². The number of hydrogen-bond donors (Lipinski definition) is 0. The summed E-state index contributed by atoms with van der Waals surface area (Å²) in [4.78, 5) is 11.7. The van der Waals surface area contributed by atoms with Crippen LogP contribution in [0.2, 0.25) is 0 Å². The molecule has 1 aromatic rings. The van der Waals surface area contributed by atoms with Gasteiger partial charge in [0.1, 0.15) is 0 Å². The van der Waals surface area contributed by atoms with Crippen LogP contribution in [0.25, 0.3) is 0 Å². The van der Waals surface area contributed by atoms with Crippen LogP contribution in [0.15, 0.2) is 6.07 Å². The SMILES string of the molecule is CCCCC(=O)c1cc(C)nnc1C. The van der Waals surface area contributed by atoms with Crippen molar-refractivity contribution in [1.82, 2.24) is 10.2 Å². The predicted octanol–water partition coefficient (Wildman–Crippen LogP) is 2.47. The van der Waals surface area contributed by atoms with Crippen LogP contribution < -0.4 is 0 Å². The normalized spacial score (nSPS) is 10.2. The van der Waals surface area contributed by atoms with Gasteiger partial charge in [0.15, 0.2) is 5.78 Å². The van der Waals surface area contributed by atoms with Crippen molar-refractivity contribution in [3.63, 3.8) is 0 Å². The van der Waals surface area contributed by atoms with Gasteiger partial charge in [0.25, 0.3) is 0 Å². The number of Topliss-reactive ketones (excluding diaryl/α,β-unsaturated/α-hetero) is 1. The Bertz CT molecular complexity index is 334. The van der Waals surface area contributed by atoms with Gasteiger partial charge in [-0.15, -0.1) is 0 Å². The summed E-state index contributed by atoms with van der Waals surface area (Å²) in [7, 11) is 0. The first-order valence-electron chi connectivity index (χ1n) is 4.99. The van der Waals surface area contributed by atoms with Gasteiger partial charge in [0.2, 0.25) is 0 Å². The van der Waals surface area contributed by atoms with Crippen molar-refractivity contribution in [3.8, 4) is 0 Å². The van der Waals surface area contributed by atoms with Crippen LogP contribution in [0.3, 0.4) is 0 Å². The van der Waals surface area contributed by atoms with Crippen LogP contribution in [0.4, 0.5) is 0 Å². The molecule has 0 spiro atoms. The quantitative estimate of drug-likeness (QED) is 0.688. The molecule has 76 valence electrons. The van der Waals surface area contributed by atoms with Crippen LogP contribution in [-0.4, -0.2) is 16.0 Å². The number of unbranched alkanes of at least 4 members (excludes halogenated alkanes) is 1. The molecule has 0 aromatic carbocycles. The molecule has 0 aliphatic rings. The van der Waals surface area contributed by atoms with E-state index in [1.165, 1.54) is 0 Å². The Hall–Kier alpha value is -1.25. The molecular weight excluding hydrogens is 176 g/mol. The van der Waals surface area contributed by atoms with E-state index in [1.807, 2.05) is 19.9 Å². The average Bonchev–Trinajstić information content (AvgIpc) is 2.18. The van der Waals surface area contributed by atoms with Crippen LogP contribution >= 0.6 is 0 Å². The lowest BCUT2D eigenvalue weighted by atomic mass is 10.0. The number of carbonyl (C=O) groups is 1. The zero-order valence-electron chi connectivity index (χ0n) is 9.00. The second kappa shape index (κ2) is 4.84. The van der Waals surface area contributed by atoms with Gasteiger partial charge in [-0.1, -0.05) is 13.3 Å². The topological polar surface area (TPSA) is 42.9 Å². The van der Waals surface area contributed by atoms with E-state index in [-0.39, 0.29) is 5.78 Å². The summed E-state index contributed by atoms with van der Waals surface area (Å²) >= 11 is 0. The number of aromatic nitrogens is 2. The van der Waals surface area contributed by atoms with Gasteiger partial charge < -0.3 is 0 Å². The Labute approximate surface area is 84.6 Å². The van der Waals surface area contributed by atoms with Gasteiger partial charge in [0, 0.05) is 12.0 Å². The minimum atomic E-state index is 0.183. The first-order chi connectivity index (χ1) is 6.65. The monoisotopic (exact) mass is 192 g/mol. The Balaban J connectivity index is 2.83. The molecule has 0 amide bonds. The molecular formula is C11H16N2O. The molecule has 0 saturated heterocycles. The molecule has 0 saturated carbocycles. The van der Waals surface area contributed by atoms with Crippen molar-refractivity contribution >= 4 is 5.78 Å². The van der Waals surface area contributed by atoms with Crippen molar-refractivity contribution in [2.75, 3.05) is 0 Å². The number of aryl methyl sites for hydroxylation is 2. The zero-order chi connectivity index (χ0) is 10.6. The van der Waals surface area contributed by atoms with Crippen molar-refractivity contribution in [2.24, 2.45) is 0 Å². The third kappa shape index (κ3) is 2.62. The van der Waals surface area contributed by atoms with E-state index in [9.17, 15) is 4.79 Å². The lowest BCUT2D eigenvalue weighted by Crippen LogP contribution is -2.05. The van der Waals surface area contributed by atoms with E-state index in [0.717, 1.165) is 29.8 Å². The van der Waals surface area contributed by atoms with E-state index >= 15 is 0 Å². The summed E-state index contributed by atoms with van der Waals surface area (Å²) in [5, 5.41) is 7.84. The summed E-state index contributed by atoms with van der Waals surface area (Å²) in [5.41, 5.74) is 2.26. The van der Waals surface area contributed by atoms with Crippen molar-refractivity contribution in [3.05, 3.63) is 23.0 Å². The molecule has 1 aromatic heterocycles. The zero-order valence-corrected chi connectivity index (χ0v) is 9.00. The van der Waals surface area contributed by atoms with Crippen molar-refractivity contribution in [2.45, 2.75) is 40.0 Å². The Morgan fingerprint density at radius 2 is 2.07 bits per heavy atom. The number of carbonyl (C=O) groups excluding carboxylic acids is 1. The summed E-state index contributed by atoms with van der Waals surface area (Å²) in [6.45, 7) is 5.75. The summed E-state index contributed by atoms with van der Waals surface area (Å²) in [5.74, 6) is 0.183. The molecule has 0 fully saturated rings. The van der Waals surface area contributed by atoms with Crippen LogP contribution in [-0.2, 0) is 0 Å². The molecule has 0 N–H and O–H groups in total. The molecule has 3 heteroatoms. The number of hydrogen-bond acceptors (Lipinski definition) is 3. The highest BCUT2D eigenvalue weighted by Gasteiger charge is 2.09. The van der Waals surface area contributed by atoms with E-state index in [1.54, 1.807) is 0 Å². The maximum atomic E-state index is 11.7. The maximum absolute atomic E-state index is 11.7. The van der Waals surface area contributed by atoms with E-state index < -0.39 is 0 Å². The second-order valence-corrected chi connectivity index (χ2v) is 3.51. The lowest BCUT2D eigenvalue weighted by molar-refractivity contribution is 0.0978. The van der Waals surface area contributed by atoms with Gasteiger partial charge in [-0.2, -0.15) is 10.2 Å². The lowest BCUT2D eigenvalue weighted by Gasteiger charge is -2.03. The molecule has 0 aliphatic heterocycles. The first kappa shape index (κ1) is 10.8. The molecule has 0 atom stereocenters. The third-order valence-corrected chi connectivity index (χ3v) is 2.16. The fraction of sp³-hybridized carbons (Fsp3) is 0.545. The van der Waals surface area contributed by atoms with Crippen LogP contribution in [0.1, 0.15) is 47.9 Å². The summed E-state index contributed by atoms with van der Waals surface area (Å²) < 4.78 is 0. The first-order valence-corrected chi connectivity index (χ1v) is 4.99. The maximum Gasteiger partial charge on any atom is 0.164 e. The molecule has 1 heterocycles. The number of rotatable bonds is 4. The molecule has 0 unspecified atom stereocenters. The highest BCUT2D eigenvalue weighted by Crippen LogP contribution is 2.10. The predicted molar refractivity (Wildman–Crippen MR) is 55.4 cm³/mol. The van der Waals surface area contributed by atoms with E-state index in [4.69, 9.17) is 0 Å². The minimum absolute atomic E-state index is 0.183. The molecule has 0 radical (unpaired) electrons. The van der Waals surface area contributed by atoms with Gasteiger partial charge >= 0.3 is 0 Å². The number of ketones is 1. The Kier molecular flexibility index (Phi) is 3.74. The van der Waals surface area contributed by atoms with Gasteiger partial charge in [0.05, 0.1) is 11.4 Å². The third-order valence-electron chi connectivity index (χ3n) is 2.16. The minimum Gasteiger partial charge on any atom is -0.294 e. The summed E-state index contributed by atoms with van der Waals surface area (Å²) in [6, 6.07) is 1.82. The smallest absolute Gasteiger partial charge is 0.164 e. The van der Waals surface area contributed by atoms with E-state index in [0.29, 0.717) is 6.42 Å². The highest BCUT2D eigenvalue weighted by atomic mass is 16.1. The molecule has 0 bridgehead atoms. The fourth-order valence-corrected chi connectivity index (χ4v) is 1.30. The molecule has 14 heavy (non-hydrogen) atoms. The number of nitrogens with zero attached hydrogens (tertiary/aromatic N) is 2. The van der Waals surface area contributed by atoms with Gasteiger partial charge in [-0.05, 0) is 26.3 Å². The molecule has 3 nitrogen and oxygen atoms in total. The standard InChI is InChI=1S/C11H16N2O/c1-4-5-6-11(14)10-7-8(2)12-13-9(10)3/h7H,4-6H2,1-3H3.